The molecule has 0 unspecified atom stereocenters. The van der Waals surface area contributed by atoms with Crippen molar-refractivity contribution in [3.05, 3.63) is 0 Å². The van der Waals surface area contributed by atoms with E-state index in [4.69, 9.17) is 19.8 Å². The molecule has 1 radical (unpaired) electrons. The Morgan fingerprint density at radius 3 is 0.769 bits per heavy atom. The van der Waals surface area contributed by atoms with Gasteiger partial charge in [0.1, 0.15) is 0 Å². The van der Waals surface area contributed by atoms with Crippen LogP contribution in [0.4, 0.5) is 0 Å². The third kappa shape index (κ3) is 1910. The Hall–Kier alpha value is -0.714. The van der Waals surface area contributed by atoms with Crippen molar-refractivity contribution < 1.29 is 58.5 Å². The molecule has 87 valence electrons. The van der Waals surface area contributed by atoms with Gasteiger partial charge >= 0.3 is 16.8 Å². The van der Waals surface area contributed by atoms with Gasteiger partial charge in [-0.15, -0.1) is 0 Å². The fourth-order valence-corrected chi connectivity index (χ4v) is 0. The zero-order chi connectivity index (χ0) is 7.15. The Kier molecular flexibility index (Phi) is 184. The van der Waals surface area contributed by atoms with Gasteiger partial charge < -0.3 is 41.7 Å². The molecule has 0 aliphatic heterocycles. The van der Waals surface area contributed by atoms with Crippen LogP contribution in [0.1, 0.15) is 13.8 Å². The summed E-state index contributed by atoms with van der Waals surface area (Å²) in [5.41, 5.74) is 0. The number of carbonyl (C=O) groups is 2. The SMILES string of the molecule is CC(=O)[O-].CC(=O)[O-].[Co+2].[OH3+].[OH3+].[OH3+].[OH3+]. The van der Waals surface area contributed by atoms with E-state index in [0.29, 0.717) is 0 Å². The van der Waals surface area contributed by atoms with Crippen molar-refractivity contribution in [3.8, 4) is 0 Å². The van der Waals surface area contributed by atoms with Crippen molar-refractivity contribution in [1.82, 2.24) is 0 Å². The molecule has 8 nitrogen and oxygen atoms in total. The summed E-state index contributed by atoms with van der Waals surface area (Å²) in [5.74, 6) is -2.17. The average molecular weight is 253 g/mol. The van der Waals surface area contributed by atoms with E-state index >= 15 is 0 Å². The fourth-order valence-electron chi connectivity index (χ4n) is 0. The summed E-state index contributed by atoms with van der Waals surface area (Å²) in [4.78, 5) is 17.8. The number of aliphatic carboxylic acids is 2. The molecular formula is C4H18CoO8+4. The van der Waals surface area contributed by atoms with Crippen LogP contribution in [0.15, 0.2) is 0 Å². The van der Waals surface area contributed by atoms with Gasteiger partial charge in [0.05, 0.1) is 0 Å². The molecule has 0 bridgehead atoms. The molecule has 0 atom stereocenters. The second-order valence-corrected chi connectivity index (χ2v) is 0.983. The minimum atomic E-state index is -1.08. The first-order chi connectivity index (χ1) is 3.46. The molecule has 0 aromatic heterocycles. The largest absolute Gasteiger partial charge is 2.00 e. The third-order valence-electron chi connectivity index (χ3n) is 0. The minimum absolute atomic E-state index is 0. The maximum atomic E-state index is 8.89. The monoisotopic (exact) mass is 253 g/mol. The smallest absolute Gasteiger partial charge is 0.550 e. The molecular weight excluding hydrogens is 235 g/mol. The van der Waals surface area contributed by atoms with Gasteiger partial charge in [0.2, 0.25) is 0 Å². The molecule has 0 aromatic carbocycles. The van der Waals surface area contributed by atoms with Gasteiger partial charge in [-0.2, -0.15) is 0 Å². The molecule has 9 heteroatoms. The average Bonchev–Trinajstić information content (AvgIpc) is 1.25. The van der Waals surface area contributed by atoms with Crippen LogP contribution < -0.4 is 10.2 Å². The summed E-state index contributed by atoms with van der Waals surface area (Å²) in [6.07, 6.45) is 0. The summed E-state index contributed by atoms with van der Waals surface area (Å²) in [7, 11) is 0. The van der Waals surface area contributed by atoms with Crippen LogP contribution in [0.3, 0.4) is 0 Å². The Morgan fingerprint density at radius 2 is 0.769 bits per heavy atom. The van der Waals surface area contributed by atoms with Gasteiger partial charge in [-0.25, -0.2) is 0 Å². The zero-order valence-corrected chi connectivity index (χ0v) is 8.32. The molecule has 0 saturated heterocycles. The van der Waals surface area contributed by atoms with Crippen molar-refractivity contribution in [2.75, 3.05) is 0 Å². The normalized spacial score (nSPS) is 3.85. The third-order valence-corrected chi connectivity index (χ3v) is 0. The van der Waals surface area contributed by atoms with Gasteiger partial charge in [-0.3, -0.25) is 0 Å². The molecule has 13 heavy (non-hydrogen) atoms. The van der Waals surface area contributed by atoms with Gasteiger partial charge in [0, 0.05) is 11.9 Å². The summed E-state index contributed by atoms with van der Waals surface area (Å²) in [6.45, 7) is 1.94. The number of carboxylic acid groups (broad SMARTS) is 2. The molecule has 0 heterocycles. The molecule has 0 fully saturated rings. The van der Waals surface area contributed by atoms with Crippen LogP contribution >= 0.6 is 0 Å². The van der Waals surface area contributed by atoms with Crippen LogP contribution in [0, 0.1) is 0 Å². The number of carboxylic acids is 2. The molecule has 0 aromatic rings. The van der Waals surface area contributed by atoms with Gasteiger partial charge in [0.25, 0.3) is 0 Å². The maximum Gasteiger partial charge on any atom is 2.00 e. The van der Waals surface area contributed by atoms with E-state index in [1.165, 1.54) is 0 Å². The predicted molar refractivity (Wildman–Crippen MR) is 40.8 cm³/mol. The van der Waals surface area contributed by atoms with Crippen LogP contribution in [-0.4, -0.2) is 11.9 Å². The quantitative estimate of drug-likeness (QED) is 0.385. The number of rotatable bonds is 0. The van der Waals surface area contributed by atoms with E-state index in [2.05, 4.69) is 0 Å². The predicted octanol–water partition coefficient (Wildman–Crippen LogP) is -6.18. The van der Waals surface area contributed by atoms with E-state index < -0.39 is 11.9 Å². The molecule has 0 aliphatic rings. The Labute approximate surface area is 85.0 Å². The summed E-state index contributed by atoms with van der Waals surface area (Å²) in [6, 6.07) is 0. The van der Waals surface area contributed by atoms with Crippen LogP contribution in [0.5, 0.6) is 0 Å². The van der Waals surface area contributed by atoms with Crippen molar-refractivity contribution in [2.24, 2.45) is 0 Å². The van der Waals surface area contributed by atoms with E-state index in [1.807, 2.05) is 0 Å². The van der Waals surface area contributed by atoms with Gasteiger partial charge in [0.15, 0.2) is 0 Å². The van der Waals surface area contributed by atoms with E-state index in [-0.39, 0.29) is 38.7 Å². The number of carbonyl (C=O) groups excluding carboxylic acids is 2. The molecule has 0 rings (SSSR count). The van der Waals surface area contributed by atoms with Crippen LogP contribution in [-0.2, 0) is 48.3 Å². The molecule has 0 amide bonds. The molecule has 0 spiro atoms. The summed E-state index contributed by atoms with van der Waals surface area (Å²) in [5, 5.41) is 17.8. The zero-order valence-electron chi connectivity index (χ0n) is 7.28. The van der Waals surface area contributed by atoms with Crippen molar-refractivity contribution in [3.63, 3.8) is 0 Å². The second-order valence-electron chi connectivity index (χ2n) is 0.983. The first kappa shape index (κ1) is 56.0. The Morgan fingerprint density at radius 1 is 0.769 bits per heavy atom. The maximum absolute atomic E-state index is 8.89. The van der Waals surface area contributed by atoms with E-state index in [9.17, 15) is 0 Å². The first-order valence-electron chi connectivity index (χ1n) is 1.82. The van der Waals surface area contributed by atoms with Crippen molar-refractivity contribution in [1.29, 1.82) is 0 Å². The summed E-state index contributed by atoms with van der Waals surface area (Å²) < 4.78 is 0. The summed E-state index contributed by atoms with van der Waals surface area (Å²) >= 11 is 0. The van der Waals surface area contributed by atoms with Gasteiger partial charge in [-0.1, -0.05) is 0 Å². The van der Waals surface area contributed by atoms with Crippen LogP contribution in [0.2, 0.25) is 0 Å². The van der Waals surface area contributed by atoms with Crippen molar-refractivity contribution in [2.45, 2.75) is 13.8 Å². The van der Waals surface area contributed by atoms with Crippen molar-refractivity contribution >= 4 is 11.9 Å². The Bertz CT molecular complexity index is 74.1. The van der Waals surface area contributed by atoms with E-state index in [1.54, 1.807) is 0 Å². The molecule has 12 N–H and O–H groups in total. The second kappa shape index (κ2) is 42.7. The number of hydrogen-bond donors (Lipinski definition) is 0. The van der Waals surface area contributed by atoms with E-state index in [0.717, 1.165) is 13.8 Å². The fraction of sp³-hybridized carbons (Fsp3) is 0.500. The van der Waals surface area contributed by atoms with Crippen LogP contribution in [0.25, 0.3) is 0 Å². The molecule has 0 aliphatic carbocycles. The topological polar surface area (TPSA) is 212 Å². The molecule has 0 saturated carbocycles. The Balaban J connectivity index is -0.00000000800. The minimum Gasteiger partial charge on any atom is -0.550 e. The standard InChI is InChI=1S/2C2H4O2.Co.4H2O/c2*1-2(3)4;;;;;/h2*1H3,(H,3,4);;4*1H2/q;;+2;;;;/p+2. The number of hydrogen-bond acceptors (Lipinski definition) is 4. The van der Waals surface area contributed by atoms with Gasteiger partial charge in [-0.05, 0) is 13.8 Å². The first-order valence-corrected chi connectivity index (χ1v) is 1.82.